The Morgan fingerprint density at radius 2 is 2.08 bits per heavy atom. The number of hydrogen-bond acceptors (Lipinski definition) is 6. The molecule has 25 heavy (non-hydrogen) atoms. The predicted molar refractivity (Wildman–Crippen MR) is 94.7 cm³/mol. The summed E-state index contributed by atoms with van der Waals surface area (Å²) >= 11 is 12.3. The van der Waals surface area contributed by atoms with Gasteiger partial charge in [0.1, 0.15) is 11.6 Å². The van der Waals surface area contributed by atoms with Crippen molar-refractivity contribution < 1.29 is 4.74 Å². The number of aromatic amines is 1. The van der Waals surface area contributed by atoms with Crippen molar-refractivity contribution in [2.45, 2.75) is 0 Å². The molecule has 0 saturated heterocycles. The van der Waals surface area contributed by atoms with Crippen LogP contribution in [0.1, 0.15) is 5.56 Å². The minimum atomic E-state index is -0.778. The highest BCUT2D eigenvalue weighted by Gasteiger charge is 2.14. The summed E-state index contributed by atoms with van der Waals surface area (Å²) in [5.41, 5.74) is 1.02. The molecule has 0 amide bonds. The molecule has 0 fully saturated rings. The smallest absolute Gasteiger partial charge is 0.332 e. The molecule has 0 bridgehead atoms. The molecular weight excluding hydrogens is 369 g/mol. The minimum absolute atomic E-state index is 0.0877. The molecule has 0 radical (unpaired) electrons. The molecule has 1 aromatic heterocycles. The Balaban J connectivity index is 2.56. The average Bonchev–Trinajstić information content (AvgIpc) is 2.57. The summed E-state index contributed by atoms with van der Waals surface area (Å²) in [5.74, 6) is 0.242. The van der Waals surface area contributed by atoms with Crippen molar-refractivity contribution in [3.05, 3.63) is 67.4 Å². The van der Waals surface area contributed by atoms with Gasteiger partial charge in [-0.1, -0.05) is 29.8 Å². The molecule has 2 aromatic rings. The highest BCUT2D eigenvalue weighted by molar-refractivity contribution is 6.37. The van der Waals surface area contributed by atoms with E-state index < -0.39 is 11.2 Å². The second kappa shape index (κ2) is 7.70. The summed E-state index contributed by atoms with van der Waals surface area (Å²) in [5, 5.41) is 12.9. The molecule has 0 aliphatic rings. The number of hydrogen-bond donors (Lipinski definition) is 2. The molecule has 1 aromatic carbocycles. The van der Waals surface area contributed by atoms with Gasteiger partial charge in [0.05, 0.1) is 15.7 Å². The maximum atomic E-state index is 12.0. The molecule has 2 N–H and O–H groups in total. The third kappa shape index (κ3) is 3.91. The molecular formula is C15H11Cl2N5O3. The SMILES string of the molecule is C=C/C(=N\NC)Oc1c(Cl)cc(-n2cc(C#N)c(=O)[nH]c2=O)cc1Cl. The van der Waals surface area contributed by atoms with E-state index in [0.717, 1.165) is 10.8 Å². The van der Waals surface area contributed by atoms with Crippen LogP contribution in [0.2, 0.25) is 10.0 Å². The molecule has 2 rings (SSSR count). The second-order valence-corrected chi connectivity index (χ2v) is 5.32. The lowest BCUT2D eigenvalue weighted by atomic mass is 10.2. The maximum Gasteiger partial charge on any atom is 0.332 e. The number of ether oxygens (including phenoxy) is 1. The summed E-state index contributed by atoms with van der Waals surface area (Å²) in [6.07, 6.45) is 2.45. The fourth-order valence-corrected chi connectivity index (χ4v) is 2.40. The summed E-state index contributed by atoms with van der Waals surface area (Å²) in [4.78, 5) is 25.5. The predicted octanol–water partition coefficient (Wildman–Crippen LogP) is 1.80. The highest BCUT2D eigenvalue weighted by Crippen LogP contribution is 2.35. The number of aromatic nitrogens is 2. The van der Waals surface area contributed by atoms with E-state index in [-0.39, 0.29) is 32.9 Å². The molecule has 0 unspecified atom stereocenters. The standard InChI is InChI=1S/C15H11Cl2N5O3/c1-3-12(21-19-2)25-13-10(16)4-9(5-11(13)17)22-7-8(6-18)14(23)20-15(22)24/h3-5,7,19H,1H2,2H3,(H,20,23,24)/b21-12+. The highest BCUT2D eigenvalue weighted by atomic mass is 35.5. The second-order valence-electron chi connectivity index (χ2n) is 4.50. The Morgan fingerprint density at radius 3 is 2.60 bits per heavy atom. The fourth-order valence-electron chi connectivity index (χ4n) is 1.85. The van der Waals surface area contributed by atoms with Crippen LogP contribution in [-0.4, -0.2) is 22.5 Å². The lowest BCUT2D eigenvalue weighted by Crippen LogP contribution is -2.30. The van der Waals surface area contributed by atoms with Crippen molar-refractivity contribution >= 4 is 29.1 Å². The van der Waals surface area contributed by atoms with Gasteiger partial charge in [0, 0.05) is 13.2 Å². The Morgan fingerprint density at radius 1 is 1.44 bits per heavy atom. The van der Waals surface area contributed by atoms with E-state index in [1.165, 1.54) is 18.2 Å². The Kier molecular flexibility index (Phi) is 5.64. The van der Waals surface area contributed by atoms with Gasteiger partial charge in [-0.3, -0.25) is 14.3 Å². The Bertz CT molecular complexity index is 994. The summed E-state index contributed by atoms with van der Waals surface area (Å²) in [6.45, 7) is 3.55. The number of rotatable bonds is 4. The lowest BCUT2D eigenvalue weighted by Gasteiger charge is -2.12. The largest absolute Gasteiger partial charge is 0.435 e. The molecule has 10 heteroatoms. The normalized spacial score (nSPS) is 10.9. The molecule has 128 valence electrons. The fraction of sp³-hybridized carbons (Fsp3) is 0.0667. The van der Waals surface area contributed by atoms with Crippen LogP contribution in [0.4, 0.5) is 0 Å². The van der Waals surface area contributed by atoms with Crippen molar-refractivity contribution in [3.8, 4) is 17.5 Å². The zero-order valence-electron chi connectivity index (χ0n) is 12.8. The van der Waals surface area contributed by atoms with Crippen LogP contribution in [-0.2, 0) is 0 Å². The van der Waals surface area contributed by atoms with E-state index in [1.807, 2.05) is 4.98 Å². The number of benzene rings is 1. The summed E-state index contributed by atoms with van der Waals surface area (Å²) in [6, 6.07) is 4.48. The third-order valence-electron chi connectivity index (χ3n) is 2.93. The van der Waals surface area contributed by atoms with Gasteiger partial charge >= 0.3 is 5.69 Å². The number of H-pyrrole nitrogens is 1. The van der Waals surface area contributed by atoms with Crippen LogP contribution >= 0.6 is 23.2 Å². The number of hydrazone groups is 1. The van der Waals surface area contributed by atoms with Crippen LogP contribution < -0.4 is 21.4 Å². The monoisotopic (exact) mass is 379 g/mol. The minimum Gasteiger partial charge on any atom is -0.435 e. The first-order valence-electron chi connectivity index (χ1n) is 6.71. The molecule has 0 spiro atoms. The first-order chi connectivity index (χ1) is 11.9. The van der Waals surface area contributed by atoms with Gasteiger partial charge in [-0.2, -0.15) is 5.26 Å². The first kappa shape index (κ1) is 18.3. The van der Waals surface area contributed by atoms with Crippen LogP contribution in [0.5, 0.6) is 5.75 Å². The van der Waals surface area contributed by atoms with E-state index in [9.17, 15) is 9.59 Å². The topological polar surface area (TPSA) is 112 Å². The van der Waals surface area contributed by atoms with E-state index in [0.29, 0.717) is 0 Å². The first-order valence-corrected chi connectivity index (χ1v) is 7.47. The Labute approximate surface area is 151 Å². The van der Waals surface area contributed by atoms with Crippen molar-refractivity contribution in [3.63, 3.8) is 0 Å². The van der Waals surface area contributed by atoms with Crippen LogP contribution in [0, 0.1) is 11.3 Å². The van der Waals surface area contributed by atoms with Gasteiger partial charge in [-0.25, -0.2) is 4.79 Å². The van der Waals surface area contributed by atoms with E-state index in [1.54, 1.807) is 13.1 Å². The van der Waals surface area contributed by atoms with Gasteiger partial charge in [-0.15, -0.1) is 5.10 Å². The zero-order chi connectivity index (χ0) is 18.6. The quantitative estimate of drug-likeness (QED) is 0.477. The van der Waals surface area contributed by atoms with E-state index in [2.05, 4.69) is 17.1 Å². The van der Waals surface area contributed by atoms with Gasteiger partial charge in [0.25, 0.3) is 5.56 Å². The zero-order valence-corrected chi connectivity index (χ0v) is 14.4. The van der Waals surface area contributed by atoms with Crippen LogP contribution in [0.3, 0.4) is 0 Å². The van der Waals surface area contributed by atoms with Crippen molar-refractivity contribution in [2.75, 3.05) is 7.05 Å². The van der Waals surface area contributed by atoms with Gasteiger partial charge in [0.2, 0.25) is 5.90 Å². The Hall–Kier alpha value is -3.02. The van der Waals surface area contributed by atoms with Gasteiger partial charge in [-0.05, 0) is 18.2 Å². The molecule has 8 nitrogen and oxygen atoms in total. The number of nitrogens with zero attached hydrogens (tertiary/aromatic N) is 3. The van der Waals surface area contributed by atoms with Crippen molar-refractivity contribution in [2.24, 2.45) is 5.10 Å². The maximum absolute atomic E-state index is 12.0. The lowest BCUT2D eigenvalue weighted by molar-refractivity contribution is 0.547. The molecule has 1 heterocycles. The van der Waals surface area contributed by atoms with Crippen LogP contribution in [0.25, 0.3) is 5.69 Å². The van der Waals surface area contributed by atoms with E-state index >= 15 is 0 Å². The van der Waals surface area contributed by atoms with Crippen LogP contribution in [0.15, 0.2) is 45.7 Å². The summed E-state index contributed by atoms with van der Waals surface area (Å²) in [7, 11) is 1.58. The number of nitrogens with one attached hydrogen (secondary N) is 2. The van der Waals surface area contributed by atoms with Gasteiger partial charge in [0.15, 0.2) is 5.75 Å². The average molecular weight is 380 g/mol. The van der Waals surface area contributed by atoms with Crippen molar-refractivity contribution in [1.82, 2.24) is 15.0 Å². The molecule has 0 saturated carbocycles. The van der Waals surface area contributed by atoms with Gasteiger partial charge < -0.3 is 10.2 Å². The molecule has 0 aliphatic carbocycles. The van der Waals surface area contributed by atoms with E-state index in [4.69, 9.17) is 33.2 Å². The number of halogens is 2. The molecule has 0 atom stereocenters. The van der Waals surface area contributed by atoms with Crippen molar-refractivity contribution in [1.29, 1.82) is 5.26 Å². The summed E-state index contributed by atoms with van der Waals surface area (Å²) < 4.78 is 6.50. The third-order valence-corrected chi connectivity index (χ3v) is 3.49. The number of nitriles is 1. The molecule has 0 aliphatic heterocycles.